The molecule has 1 aliphatic heterocycles. The van der Waals surface area contributed by atoms with E-state index in [0.29, 0.717) is 35.2 Å². The van der Waals surface area contributed by atoms with Crippen molar-refractivity contribution < 1.29 is 27.5 Å². The van der Waals surface area contributed by atoms with Crippen molar-refractivity contribution in [2.24, 2.45) is 0 Å². The molecule has 1 aliphatic rings. The second kappa shape index (κ2) is 8.68. The number of alkyl halides is 3. The number of hydrogen-bond acceptors (Lipinski definition) is 5. The predicted octanol–water partition coefficient (Wildman–Crippen LogP) is 3.49. The van der Waals surface area contributed by atoms with Gasteiger partial charge in [-0.25, -0.2) is 9.78 Å². The lowest BCUT2D eigenvalue weighted by Gasteiger charge is -2.24. The van der Waals surface area contributed by atoms with E-state index in [1.165, 1.54) is 28.4 Å². The van der Waals surface area contributed by atoms with Gasteiger partial charge in [0.2, 0.25) is 5.91 Å². The molecule has 2 aromatic rings. The predicted molar refractivity (Wildman–Crippen MR) is 103 cm³/mol. The van der Waals surface area contributed by atoms with Crippen molar-refractivity contribution in [2.45, 2.75) is 25.9 Å². The van der Waals surface area contributed by atoms with Crippen LogP contribution in [0.4, 0.5) is 28.8 Å². The molecule has 2 N–H and O–H groups in total. The Morgan fingerprint density at radius 1 is 1.41 bits per heavy atom. The zero-order valence-electron chi connectivity index (χ0n) is 15.5. The number of aromatic nitrogens is 1. The van der Waals surface area contributed by atoms with E-state index < -0.39 is 12.8 Å². The molecule has 1 aromatic heterocycles. The molecule has 0 radical (unpaired) electrons. The lowest BCUT2D eigenvalue weighted by molar-refractivity contribution is -0.153. The van der Waals surface area contributed by atoms with Gasteiger partial charge in [-0.1, -0.05) is 6.07 Å². The molecular weight excluding hydrogens is 409 g/mol. The third-order valence-electron chi connectivity index (χ3n) is 4.14. The second-order valence-electron chi connectivity index (χ2n) is 6.42. The molecule has 3 amide bonds. The van der Waals surface area contributed by atoms with Crippen LogP contribution in [-0.4, -0.2) is 42.8 Å². The lowest BCUT2D eigenvalue weighted by Crippen LogP contribution is -2.46. The van der Waals surface area contributed by atoms with E-state index in [9.17, 15) is 22.8 Å². The zero-order valence-corrected chi connectivity index (χ0v) is 16.3. The van der Waals surface area contributed by atoms with E-state index in [2.05, 4.69) is 15.6 Å². The fraction of sp³-hybridized carbons (Fsp3) is 0.389. The number of urea groups is 1. The molecular formula is C18H19F3N4O3S. The number of amides is 3. The second-order valence-corrected chi connectivity index (χ2v) is 7.25. The van der Waals surface area contributed by atoms with Gasteiger partial charge in [-0.15, -0.1) is 11.3 Å². The molecule has 156 valence electrons. The van der Waals surface area contributed by atoms with E-state index >= 15 is 0 Å². The van der Waals surface area contributed by atoms with Gasteiger partial charge in [-0.3, -0.25) is 9.69 Å². The van der Waals surface area contributed by atoms with Crippen molar-refractivity contribution in [1.29, 1.82) is 0 Å². The quantitative estimate of drug-likeness (QED) is 0.738. The van der Waals surface area contributed by atoms with Gasteiger partial charge < -0.3 is 15.4 Å². The summed E-state index contributed by atoms with van der Waals surface area (Å²) < 4.78 is 41.9. The van der Waals surface area contributed by atoms with E-state index in [1.54, 1.807) is 18.4 Å². The molecule has 1 fully saturated rings. The Hall–Kier alpha value is -2.82. The van der Waals surface area contributed by atoms with Crippen molar-refractivity contribution in [3.05, 3.63) is 34.8 Å². The summed E-state index contributed by atoms with van der Waals surface area (Å²) in [5.74, 6) is -0.326. The summed E-state index contributed by atoms with van der Waals surface area (Å²) in [7, 11) is 0. The van der Waals surface area contributed by atoms with Gasteiger partial charge in [0.05, 0.1) is 12.1 Å². The third-order valence-corrected chi connectivity index (χ3v) is 5.05. The molecule has 2 heterocycles. The van der Waals surface area contributed by atoms with Crippen molar-refractivity contribution in [3.63, 3.8) is 0 Å². The Balaban J connectivity index is 1.62. The Bertz CT molecular complexity index is 901. The first-order valence-electron chi connectivity index (χ1n) is 8.82. The minimum absolute atomic E-state index is 0.0287. The largest absolute Gasteiger partial charge is 0.484 e. The van der Waals surface area contributed by atoms with Crippen LogP contribution in [0.25, 0.3) is 0 Å². The van der Waals surface area contributed by atoms with Crippen molar-refractivity contribution in [2.75, 3.05) is 29.9 Å². The number of carbonyl (C=O) groups excluding carboxylic acids is 2. The highest BCUT2D eigenvalue weighted by Crippen LogP contribution is 2.28. The third kappa shape index (κ3) is 5.59. The smallest absolute Gasteiger partial charge is 0.422 e. The standard InChI is InChI=1S/C18H19F3N4O3S/c1-11-13(4-2-5-14(11)28-10-18(19,20)21)24-15(26)8-12-9-29-17(23-12)25-7-3-6-22-16(25)27/h2,4-5,9H,3,6-8,10H2,1H3,(H,22,27)(H,24,26). The van der Waals surface area contributed by atoms with Gasteiger partial charge >= 0.3 is 12.2 Å². The number of ether oxygens (including phenoxy) is 1. The van der Waals surface area contributed by atoms with Gasteiger partial charge in [-0.2, -0.15) is 13.2 Å². The highest BCUT2D eigenvalue weighted by molar-refractivity contribution is 7.14. The van der Waals surface area contributed by atoms with Crippen LogP contribution in [0.2, 0.25) is 0 Å². The normalized spacial score (nSPS) is 14.5. The molecule has 11 heteroatoms. The molecule has 0 saturated carbocycles. The Morgan fingerprint density at radius 3 is 2.93 bits per heavy atom. The topological polar surface area (TPSA) is 83.6 Å². The molecule has 1 saturated heterocycles. The van der Waals surface area contributed by atoms with Crippen LogP contribution in [0.15, 0.2) is 23.6 Å². The molecule has 0 bridgehead atoms. The average Bonchev–Trinajstić information content (AvgIpc) is 3.10. The molecule has 0 unspecified atom stereocenters. The van der Waals surface area contributed by atoms with Gasteiger partial charge in [0.15, 0.2) is 11.7 Å². The molecule has 0 spiro atoms. The summed E-state index contributed by atoms with van der Waals surface area (Å²) in [6.45, 7) is 1.35. The maximum atomic E-state index is 12.4. The summed E-state index contributed by atoms with van der Waals surface area (Å²) in [5, 5.41) is 7.62. The monoisotopic (exact) mass is 428 g/mol. The van der Waals surface area contributed by atoms with Crippen LogP contribution in [-0.2, 0) is 11.2 Å². The number of halogens is 3. The van der Waals surface area contributed by atoms with Gasteiger partial charge in [-0.05, 0) is 25.5 Å². The van der Waals surface area contributed by atoms with E-state index in [1.807, 2.05) is 0 Å². The van der Waals surface area contributed by atoms with Crippen LogP contribution in [0.3, 0.4) is 0 Å². The van der Waals surface area contributed by atoms with Gasteiger partial charge in [0, 0.05) is 29.7 Å². The Labute approximate surface area is 168 Å². The van der Waals surface area contributed by atoms with Crippen LogP contribution in [0.5, 0.6) is 5.75 Å². The van der Waals surface area contributed by atoms with Crippen LogP contribution in [0, 0.1) is 6.92 Å². The first kappa shape index (κ1) is 20.9. The molecule has 0 aliphatic carbocycles. The number of nitrogens with zero attached hydrogens (tertiary/aromatic N) is 2. The first-order valence-corrected chi connectivity index (χ1v) is 9.70. The highest BCUT2D eigenvalue weighted by atomic mass is 32.1. The minimum Gasteiger partial charge on any atom is -0.484 e. The molecule has 1 aromatic carbocycles. The van der Waals surface area contributed by atoms with Crippen molar-refractivity contribution in [3.8, 4) is 5.75 Å². The maximum absolute atomic E-state index is 12.4. The van der Waals surface area contributed by atoms with Crippen LogP contribution < -0.4 is 20.3 Å². The highest BCUT2D eigenvalue weighted by Gasteiger charge is 2.29. The number of rotatable bonds is 6. The fourth-order valence-corrected chi connectivity index (χ4v) is 3.59. The minimum atomic E-state index is -4.45. The SMILES string of the molecule is Cc1c(NC(=O)Cc2csc(N3CCCNC3=O)n2)cccc1OCC(F)(F)F. The van der Waals surface area contributed by atoms with Crippen LogP contribution in [0.1, 0.15) is 17.7 Å². The Kier molecular flexibility index (Phi) is 6.26. The summed E-state index contributed by atoms with van der Waals surface area (Å²) in [6.07, 6.45) is -3.66. The average molecular weight is 428 g/mol. The molecule has 0 atom stereocenters. The molecule has 29 heavy (non-hydrogen) atoms. The zero-order chi connectivity index (χ0) is 21.0. The van der Waals surface area contributed by atoms with E-state index in [0.717, 1.165) is 6.42 Å². The first-order chi connectivity index (χ1) is 13.7. The summed E-state index contributed by atoms with van der Waals surface area (Å²) in [5.41, 5.74) is 1.26. The van der Waals surface area contributed by atoms with E-state index in [-0.39, 0.29) is 24.1 Å². The van der Waals surface area contributed by atoms with Crippen molar-refractivity contribution >= 4 is 34.1 Å². The number of carbonyl (C=O) groups is 2. The van der Waals surface area contributed by atoms with E-state index in [4.69, 9.17) is 4.74 Å². The summed E-state index contributed by atoms with van der Waals surface area (Å²) in [6, 6.07) is 4.28. The molecule has 7 nitrogen and oxygen atoms in total. The number of nitrogens with one attached hydrogen (secondary N) is 2. The maximum Gasteiger partial charge on any atom is 0.422 e. The summed E-state index contributed by atoms with van der Waals surface area (Å²) in [4.78, 5) is 30.1. The van der Waals surface area contributed by atoms with Gasteiger partial charge in [0.1, 0.15) is 5.75 Å². The Morgan fingerprint density at radius 2 is 2.21 bits per heavy atom. The number of benzene rings is 1. The van der Waals surface area contributed by atoms with Crippen molar-refractivity contribution in [1.82, 2.24) is 10.3 Å². The van der Waals surface area contributed by atoms with Gasteiger partial charge in [0.25, 0.3) is 0 Å². The number of hydrogen-bond donors (Lipinski definition) is 2. The number of anilines is 2. The lowest BCUT2D eigenvalue weighted by atomic mass is 10.1. The fourth-order valence-electron chi connectivity index (χ4n) is 2.74. The van der Waals surface area contributed by atoms with Crippen LogP contribution >= 0.6 is 11.3 Å². The summed E-state index contributed by atoms with van der Waals surface area (Å²) >= 11 is 1.27. The molecule has 3 rings (SSSR count). The number of thiazole rings is 1.